The van der Waals surface area contributed by atoms with Gasteiger partial charge in [-0.2, -0.15) is 5.10 Å². The summed E-state index contributed by atoms with van der Waals surface area (Å²) in [5.41, 5.74) is 10.4. The average molecular weight is 723 g/mol. The second-order valence-corrected chi connectivity index (χ2v) is 15.4. The molecule has 56 heavy (non-hydrogen) atoms. The van der Waals surface area contributed by atoms with E-state index in [0.717, 1.165) is 61.1 Å². The number of rotatable bonds is 6. The van der Waals surface area contributed by atoms with E-state index in [1.807, 2.05) is 48.5 Å². The summed E-state index contributed by atoms with van der Waals surface area (Å²) >= 11 is 0. The van der Waals surface area contributed by atoms with Gasteiger partial charge in [-0.05, 0) is 75.3 Å². The smallest absolute Gasteiger partial charge is 0.219 e. The third kappa shape index (κ3) is 5.85. The number of nitrogens with zero attached hydrogens (tertiary/aromatic N) is 4. The first-order chi connectivity index (χ1) is 27.4. The van der Waals surface area contributed by atoms with Crippen LogP contribution in [0, 0.1) is 0 Å². The lowest BCUT2D eigenvalue weighted by molar-refractivity contribution is 0.464. The first-order valence-electron chi connectivity index (χ1n) is 19.0. The number of hydrogen-bond donors (Lipinski definition) is 0. The van der Waals surface area contributed by atoms with Gasteiger partial charge in [-0.3, -0.25) is 0 Å². The Morgan fingerprint density at radius 1 is 0.554 bits per heavy atom. The summed E-state index contributed by atoms with van der Waals surface area (Å²) in [6, 6.07) is 59.5. The maximum absolute atomic E-state index is 6.70. The molecule has 268 valence electrons. The third-order valence-corrected chi connectivity index (χ3v) is 10.7. The summed E-state index contributed by atoms with van der Waals surface area (Å²) in [5, 5.41) is 15.9. The zero-order valence-corrected chi connectivity index (χ0v) is 31.4. The molecule has 5 heteroatoms. The minimum Gasteiger partial charge on any atom is -0.439 e. The summed E-state index contributed by atoms with van der Waals surface area (Å²) in [6.45, 7) is 6.76. The van der Waals surface area contributed by atoms with Crippen molar-refractivity contribution >= 4 is 43.4 Å². The topological polar surface area (TPSA) is 52.8 Å². The van der Waals surface area contributed by atoms with E-state index >= 15 is 0 Å². The van der Waals surface area contributed by atoms with E-state index < -0.39 is 0 Å². The third-order valence-electron chi connectivity index (χ3n) is 10.7. The van der Waals surface area contributed by atoms with Crippen molar-refractivity contribution in [2.45, 2.75) is 26.2 Å². The lowest BCUT2D eigenvalue weighted by atomic mass is 9.87. The SMILES string of the molecule is CC(C)(C)c1ccc(-n2c3ccc4ccccc4c3c3cccc(-c4cccc(Oc5cc(-c6ccccc6)cc(-c6nncc7ccccc67)c5)n4)c32)cc1. The molecule has 0 atom stereocenters. The highest BCUT2D eigenvalue weighted by Gasteiger charge is 2.21. The Morgan fingerprint density at radius 3 is 2.09 bits per heavy atom. The van der Waals surface area contributed by atoms with Crippen molar-refractivity contribution in [3.8, 4) is 51.0 Å². The van der Waals surface area contributed by atoms with Gasteiger partial charge in [-0.15, -0.1) is 5.10 Å². The molecule has 10 aromatic rings. The highest BCUT2D eigenvalue weighted by atomic mass is 16.5. The quantitative estimate of drug-likeness (QED) is 0.171. The maximum Gasteiger partial charge on any atom is 0.219 e. The zero-order valence-electron chi connectivity index (χ0n) is 31.4. The maximum atomic E-state index is 6.70. The van der Waals surface area contributed by atoms with Crippen LogP contribution < -0.4 is 4.74 Å². The summed E-state index contributed by atoms with van der Waals surface area (Å²) in [6.07, 6.45) is 1.80. The number of hydrogen-bond acceptors (Lipinski definition) is 4. The van der Waals surface area contributed by atoms with Crippen molar-refractivity contribution in [1.82, 2.24) is 19.7 Å². The van der Waals surface area contributed by atoms with Gasteiger partial charge < -0.3 is 9.30 Å². The number of pyridine rings is 1. The van der Waals surface area contributed by atoms with Crippen LogP contribution in [0.2, 0.25) is 0 Å². The molecule has 0 fully saturated rings. The molecule has 0 radical (unpaired) electrons. The summed E-state index contributed by atoms with van der Waals surface area (Å²) in [5.74, 6) is 1.17. The molecule has 3 aromatic heterocycles. The lowest BCUT2D eigenvalue weighted by Gasteiger charge is -2.20. The molecule has 0 saturated heterocycles. The molecule has 0 aliphatic heterocycles. The van der Waals surface area contributed by atoms with E-state index in [1.165, 1.54) is 27.1 Å². The van der Waals surface area contributed by atoms with E-state index in [4.69, 9.17) is 9.72 Å². The Balaban J connectivity index is 1.13. The minimum absolute atomic E-state index is 0.0503. The second-order valence-electron chi connectivity index (χ2n) is 15.4. The molecular formula is C51H38N4O. The molecule has 0 unspecified atom stereocenters. The fraction of sp³-hybridized carbons (Fsp3) is 0.0784. The van der Waals surface area contributed by atoms with E-state index in [-0.39, 0.29) is 5.41 Å². The van der Waals surface area contributed by atoms with Crippen LogP contribution in [0.5, 0.6) is 11.6 Å². The van der Waals surface area contributed by atoms with E-state index in [1.54, 1.807) is 6.20 Å². The number of para-hydroxylation sites is 1. The minimum atomic E-state index is 0.0503. The fourth-order valence-corrected chi connectivity index (χ4v) is 8.00. The van der Waals surface area contributed by atoms with E-state index in [9.17, 15) is 0 Å². The van der Waals surface area contributed by atoms with Crippen LogP contribution >= 0.6 is 0 Å². The van der Waals surface area contributed by atoms with E-state index in [0.29, 0.717) is 11.6 Å². The Hall–Kier alpha value is -7.11. The monoisotopic (exact) mass is 722 g/mol. The molecule has 10 rings (SSSR count). The number of fused-ring (bicyclic) bond motifs is 6. The summed E-state index contributed by atoms with van der Waals surface area (Å²) in [4.78, 5) is 5.19. The predicted octanol–water partition coefficient (Wildman–Crippen LogP) is 13.4. The zero-order chi connectivity index (χ0) is 37.8. The highest BCUT2D eigenvalue weighted by Crippen LogP contribution is 2.42. The number of benzene rings is 7. The molecule has 0 amide bonds. The van der Waals surface area contributed by atoms with Gasteiger partial charge in [-0.25, -0.2) is 4.98 Å². The van der Waals surface area contributed by atoms with Gasteiger partial charge in [-0.1, -0.05) is 142 Å². The van der Waals surface area contributed by atoms with Crippen molar-refractivity contribution in [3.05, 3.63) is 182 Å². The van der Waals surface area contributed by atoms with Crippen molar-refractivity contribution in [3.63, 3.8) is 0 Å². The molecule has 0 bridgehead atoms. The van der Waals surface area contributed by atoms with Crippen LogP contribution in [0.1, 0.15) is 26.3 Å². The first kappa shape index (κ1) is 33.5. The molecule has 0 aliphatic carbocycles. The van der Waals surface area contributed by atoms with Gasteiger partial charge in [0.05, 0.1) is 22.9 Å². The van der Waals surface area contributed by atoms with Crippen LogP contribution in [0.25, 0.3) is 82.7 Å². The van der Waals surface area contributed by atoms with Gasteiger partial charge in [0.15, 0.2) is 0 Å². The molecule has 0 aliphatic rings. The van der Waals surface area contributed by atoms with Crippen molar-refractivity contribution in [2.75, 3.05) is 0 Å². The van der Waals surface area contributed by atoms with Gasteiger partial charge in [0, 0.05) is 44.4 Å². The molecule has 5 nitrogen and oxygen atoms in total. The van der Waals surface area contributed by atoms with Crippen LogP contribution in [0.4, 0.5) is 0 Å². The number of aromatic nitrogens is 4. The Morgan fingerprint density at radius 2 is 1.27 bits per heavy atom. The van der Waals surface area contributed by atoms with Crippen LogP contribution in [-0.2, 0) is 5.41 Å². The van der Waals surface area contributed by atoms with Gasteiger partial charge >= 0.3 is 0 Å². The fourth-order valence-electron chi connectivity index (χ4n) is 8.00. The molecule has 0 N–H and O–H groups in total. The van der Waals surface area contributed by atoms with Gasteiger partial charge in [0.1, 0.15) is 11.4 Å². The first-order valence-corrected chi connectivity index (χ1v) is 19.0. The number of ether oxygens (including phenoxy) is 1. The van der Waals surface area contributed by atoms with Crippen molar-refractivity contribution in [2.24, 2.45) is 0 Å². The Labute approximate surface area is 325 Å². The van der Waals surface area contributed by atoms with Crippen molar-refractivity contribution < 1.29 is 4.74 Å². The molecule has 0 saturated carbocycles. The highest BCUT2D eigenvalue weighted by molar-refractivity contribution is 6.23. The largest absolute Gasteiger partial charge is 0.439 e. The van der Waals surface area contributed by atoms with E-state index in [2.05, 4.69) is 157 Å². The van der Waals surface area contributed by atoms with Crippen LogP contribution in [0.3, 0.4) is 0 Å². The molecule has 3 heterocycles. The molecule has 0 spiro atoms. The normalized spacial score (nSPS) is 11.8. The predicted molar refractivity (Wildman–Crippen MR) is 231 cm³/mol. The second kappa shape index (κ2) is 13.3. The van der Waals surface area contributed by atoms with Crippen LogP contribution in [0.15, 0.2) is 176 Å². The Kier molecular flexibility index (Phi) is 7.96. The van der Waals surface area contributed by atoms with Crippen LogP contribution in [-0.4, -0.2) is 19.7 Å². The molecule has 7 aromatic carbocycles. The summed E-state index contributed by atoms with van der Waals surface area (Å²) in [7, 11) is 0. The van der Waals surface area contributed by atoms with Crippen molar-refractivity contribution in [1.29, 1.82) is 0 Å². The van der Waals surface area contributed by atoms with Gasteiger partial charge in [0.2, 0.25) is 5.88 Å². The Bertz CT molecular complexity index is 3080. The average Bonchev–Trinajstić information content (AvgIpc) is 3.59. The molecular weight excluding hydrogens is 685 g/mol. The van der Waals surface area contributed by atoms with Gasteiger partial charge in [0.25, 0.3) is 0 Å². The standard InChI is InChI=1S/C51H38N4O/c1-51(2,3)38-24-26-39(27-25-38)55-46-28-23-34-15-7-9-17-41(34)48(46)44-20-11-19-43(50(44)55)45-21-12-22-47(53-45)56-40-30-36(33-13-5-4-6-14-33)29-37(31-40)49-42-18-10-8-16-35(42)32-52-54-49/h4-32H,1-3H3. The lowest BCUT2D eigenvalue weighted by Crippen LogP contribution is -2.10. The summed E-state index contributed by atoms with van der Waals surface area (Å²) < 4.78 is 9.10.